The molecule has 0 aliphatic rings. The van der Waals surface area contributed by atoms with Crippen LogP contribution in [-0.2, 0) is 19.1 Å². The summed E-state index contributed by atoms with van der Waals surface area (Å²) >= 11 is 0. The van der Waals surface area contributed by atoms with E-state index < -0.39 is 0 Å². The van der Waals surface area contributed by atoms with Crippen LogP contribution in [0.2, 0.25) is 0 Å². The van der Waals surface area contributed by atoms with Crippen LogP contribution in [0.1, 0.15) is 39.5 Å². The molecule has 0 fully saturated rings. The molecule has 0 aliphatic carbocycles. The molecular formula is C13H25NO4. The Bertz CT molecular complexity index is 231. The van der Waals surface area contributed by atoms with Gasteiger partial charge < -0.3 is 19.6 Å². The Hall–Kier alpha value is -0.940. The fourth-order valence-corrected chi connectivity index (χ4v) is 1.25. The molecule has 1 N–H and O–H groups in total. The van der Waals surface area contributed by atoms with Crippen molar-refractivity contribution in [2.24, 2.45) is 0 Å². The lowest BCUT2D eigenvalue weighted by atomic mass is 10.2. The van der Waals surface area contributed by atoms with Crippen molar-refractivity contribution in [1.29, 1.82) is 0 Å². The van der Waals surface area contributed by atoms with E-state index in [1.54, 1.807) is 0 Å². The van der Waals surface area contributed by atoms with Gasteiger partial charge in [-0.2, -0.15) is 0 Å². The van der Waals surface area contributed by atoms with Crippen LogP contribution in [0.4, 0.5) is 0 Å². The lowest BCUT2D eigenvalue weighted by Crippen LogP contribution is -2.25. The fraction of sp³-hybridized carbons (Fsp3) is 0.846. The van der Waals surface area contributed by atoms with Crippen LogP contribution in [0.3, 0.4) is 0 Å². The van der Waals surface area contributed by atoms with Crippen LogP contribution < -0.4 is 5.32 Å². The largest absolute Gasteiger partial charge is 0.379 e. The molecule has 0 rings (SSSR count). The highest BCUT2D eigenvalue weighted by atomic mass is 16.5. The number of ketones is 1. The highest BCUT2D eigenvalue weighted by Crippen LogP contribution is 1.90. The number of Topliss-reactive ketones (excluding diaryl/α,β-unsaturated/α-hetero) is 1. The second-order valence-corrected chi connectivity index (χ2v) is 4.13. The summed E-state index contributed by atoms with van der Waals surface area (Å²) in [5, 5.41) is 2.75. The van der Waals surface area contributed by atoms with Crippen LogP contribution in [0.15, 0.2) is 0 Å². The third kappa shape index (κ3) is 13.1. The van der Waals surface area contributed by atoms with Crippen LogP contribution in [0.25, 0.3) is 0 Å². The minimum absolute atomic E-state index is 0.0422. The zero-order valence-electron chi connectivity index (χ0n) is 11.5. The van der Waals surface area contributed by atoms with Gasteiger partial charge in [-0.3, -0.25) is 4.79 Å². The van der Waals surface area contributed by atoms with Gasteiger partial charge in [0.15, 0.2) is 0 Å². The number of nitrogens with one attached hydrogen (secondary N) is 1. The van der Waals surface area contributed by atoms with Crippen molar-refractivity contribution in [1.82, 2.24) is 5.32 Å². The molecule has 0 aromatic rings. The number of amides is 1. The maximum Gasteiger partial charge on any atom is 0.220 e. The number of hydrogen-bond donors (Lipinski definition) is 1. The number of ether oxygens (including phenoxy) is 2. The van der Waals surface area contributed by atoms with E-state index in [0.717, 1.165) is 19.4 Å². The van der Waals surface area contributed by atoms with Crippen LogP contribution in [-0.4, -0.2) is 44.7 Å². The van der Waals surface area contributed by atoms with Gasteiger partial charge in [-0.1, -0.05) is 6.92 Å². The number of carbonyl (C=O) groups is 2. The molecule has 0 saturated carbocycles. The van der Waals surface area contributed by atoms with Gasteiger partial charge in [-0.05, 0) is 19.8 Å². The highest BCUT2D eigenvalue weighted by Gasteiger charge is 2.02. The average Bonchev–Trinajstić information content (AvgIpc) is 2.34. The third-order valence-corrected chi connectivity index (χ3v) is 2.21. The fourth-order valence-electron chi connectivity index (χ4n) is 1.25. The molecule has 0 unspecified atom stereocenters. The maximum atomic E-state index is 11.2. The topological polar surface area (TPSA) is 64.6 Å². The molecule has 0 aromatic carbocycles. The predicted molar refractivity (Wildman–Crippen MR) is 69.5 cm³/mol. The molecule has 0 aromatic heterocycles. The first-order valence-electron chi connectivity index (χ1n) is 6.58. The molecule has 0 aliphatic heterocycles. The quantitative estimate of drug-likeness (QED) is 0.537. The molecule has 18 heavy (non-hydrogen) atoms. The van der Waals surface area contributed by atoms with E-state index in [1.807, 2.05) is 0 Å². The Kier molecular flexibility index (Phi) is 11.9. The molecule has 0 heterocycles. The van der Waals surface area contributed by atoms with Gasteiger partial charge in [0.05, 0.1) is 13.2 Å². The van der Waals surface area contributed by atoms with Gasteiger partial charge in [0.2, 0.25) is 5.91 Å². The first-order chi connectivity index (χ1) is 8.66. The van der Waals surface area contributed by atoms with E-state index in [4.69, 9.17) is 9.47 Å². The predicted octanol–water partition coefficient (Wildman–Crippen LogP) is 1.31. The van der Waals surface area contributed by atoms with Gasteiger partial charge in [0, 0.05) is 32.6 Å². The number of carbonyl (C=O) groups excluding carboxylic acids is 2. The summed E-state index contributed by atoms with van der Waals surface area (Å²) in [5.41, 5.74) is 0. The monoisotopic (exact) mass is 259 g/mol. The Morgan fingerprint density at radius 1 is 1.00 bits per heavy atom. The van der Waals surface area contributed by atoms with Crippen molar-refractivity contribution >= 4 is 11.7 Å². The SMILES string of the molecule is CCCOCCOCCCNC(=O)CCC(C)=O. The molecule has 106 valence electrons. The zero-order valence-corrected chi connectivity index (χ0v) is 11.5. The normalized spacial score (nSPS) is 10.3. The van der Waals surface area contributed by atoms with E-state index in [9.17, 15) is 9.59 Å². The number of rotatable bonds is 12. The van der Waals surface area contributed by atoms with Gasteiger partial charge in [0.1, 0.15) is 5.78 Å². The Labute approximate surface area is 109 Å². The molecule has 0 saturated heterocycles. The lowest BCUT2D eigenvalue weighted by molar-refractivity contribution is -0.124. The van der Waals surface area contributed by atoms with Crippen LogP contribution in [0, 0.1) is 0 Å². The van der Waals surface area contributed by atoms with E-state index >= 15 is 0 Å². The first-order valence-corrected chi connectivity index (χ1v) is 6.58. The summed E-state index contributed by atoms with van der Waals surface area (Å²) in [5.74, 6) is -0.0305. The summed E-state index contributed by atoms with van der Waals surface area (Å²) in [6, 6.07) is 0. The Balaban J connectivity index is 3.15. The molecule has 0 atom stereocenters. The molecular weight excluding hydrogens is 234 g/mol. The second kappa shape index (κ2) is 12.5. The minimum atomic E-state index is -0.0727. The van der Waals surface area contributed by atoms with Crippen molar-refractivity contribution < 1.29 is 19.1 Å². The van der Waals surface area contributed by atoms with Crippen LogP contribution >= 0.6 is 0 Å². The summed E-state index contributed by atoms with van der Waals surface area (Å²) in [6.07, 6.45) is 2.39. The third-order valence-electron chi connectivity index (χ3n) is 2.21. The van der Waals surface area contributed by atoms with Gasteiger partial charge >= 0.3 is 0 Å². The Morgan fingerprint density at radius 2 is 1.67 bits per heavy atom. The second-order valence-electron chi connectivity index (χ2n) is 4.13. The maximum absolute atomic E-state index is 11.2. The molecule has 0 bridgehead atoms. The van der Waals surface area contributed by atoms with E-state index in [1.165, 1.54) is 6.92 Å². The minimum Gasteiger partial charge on any atom is -0.379 e. The van der Waals surface area contributed by atoms with E-state index in [-0.39, 0.29) is 18.1 Å². The summed E-state index contributed by atoms with van der Waals surface area (Å²) < 4.78 is 10.6. The smallest absolute Gasteiger partial charge is 0.220 e. The molecule has 1 amide bonds. The number of hydrogen-bond acceptors (Lipinski definition) is 4. The molecule has 5 nitrogen and oxygen atoms in total. The lowest BCUT2D eigenvalue weighted by Gasteiger charge is -2.06. The van der Waals surface area contributed by atoms with Crippen LogP contribution in [0.5, 0.6) is 0 Å². The van der Waals surface area contributed by atoms with Crippen molar-refractivity contribution in [3.05, 3.63) is 0 Å². The van der Waals surface area contributed by atoms with Crippen molar-refractivity contribution in [2.75, 3.05) is 33.0 Å². The highest BCUT2D eigenvalue weighted by molar-refractivity contribution is 5.83. The van der Waals surface area contributed by atoms with Crippen molar-refractivity contribution in [2.45, 2.75) is 39.5 Å². The van der Waals surface area contributed by atoms with Gasteiger partial charge in [0.25, 0.3) is 0 Å². The van der Waals surface area contributed by atoms with Crippen molar-refractivity contribution in [3.63, 3.8) is 0 Å². The standard InChI is InChI=1S/C13H25NO4/c1-3-8-17-10-11-18-9-4-7-14-13(16)6-5-12(2)15/h3-11H2,1-2H3,(H,14,16). The molecule has 0 spiro atoms. The van der Waals surface area contributed by atoms with Gasteiger partial charge in [-0.25, -0.2) is 0 Å². The molecule has 5 heteroatoms. The Morgan fingerprint density at radius 3 is 2.28 bits per heavy atom. The van der Waals surface area contributed by atoms with E-state index in [2.05, 4.69) is 12.2 Å². The van der Waals surface area contributed by atoms with E-state index in [0.29, 0.717) is 32.8 Å². The first kappa shape index (κ1) is 17.1. The average molecular weight is 259 g/mol. The van der Waals surface area contributed by atoms with Gasteiger partial charge in [-0.15, -0.1) is 0 Å². The molecule has 0 radical (unpaired) electrons. The summed E-state index contributed by atoms with van der Waals surface area (Å²) in [7, 11) is 0. The zero-order chi connectivity index (χ0) is 13.6. The summed E-state index contributed by atoms with van der Waals surface area (Å²) in [4.78, 5) is 21.9. The van der Waals surface area contributed by atoms with Crippen molar-refractivity contribution in [3.8, 4) is 0 Å². The summed E-state index contributed by atoms with van der Waals surface area (Å²) in [6.45, 7) is 6.75.